The van der Waals surface area contributed by atoms with Gasteiger partial charge in [-0.1, -0.05) is 18.2 Å². The number of alkyl halides is 3. The normalized spacial score (nSPS) is 11.2. The van der Waals surface area contributed by atoms with Crippen molar-refractivity contribution in [3.8, 4) is 11.3 Å². The molecule has 1 heterocycles. The molecule has 2 nitrogen and oxygen atoms in total. The van der Waals surface area contributed by atoms with Crippen LogP contribution in [-0.2, 0) is 26.3 Å². The minimum absolute atomic E-state index is 0. The molecule has 109 valence electrons. The molecule has 0 unspecified atom stereocenters. The summed E-state index contributed by atoms with van der Waals surface area (Å²) in [4.78, 5) is 8.18. The van der Waals surface area contributed by atoms with Crippen LogP contribution in [0.2, 0.25) is 0 Å². The molecule has 2 aromatic carbocycles. The molecule has 0 saturated carbocycles. The predicted molar refractivity (Wildman–Crippen MR) is 68.8 cm³/mol. The minimum atomic E-state index is -4.38. The van der Waals surface area contributed by atoms with E-state index in [9.17, 15) is 13.2 Å². The third-order valence-corrected chi connectivity index (χ3v) is 2.93. The van der Waals surface area contributed by atoms with Crippen molar-refractivity contribution in [3.05, 3.63) is 60.4 Å². The molecule has 1 radical (unpaired) electrons. The number of aromatic nitrogens is 2. The van der Waals surface area contributed by atoms with Crippen molar-refractivity contribution >= 4 is 10.9 Å². The second-order valence-corrected chi connectivity index (χ2v) is 4.23. The molecule has 0 fully saturated rings. The molecule has 0 aliphatic heterocycles. The van der Waals surface area contributed by atoms with Crippen LogP contribution in [0, 0.1) is 6.07 Å². The van der Waals surface area contributed by atoms with Gasteiger partial charge in [-0.3, -0.25) is 4.98 Å². The van der Waals surface area contributed by atoms with E-state index in [-0.39, 0.29) is 20.1 Å². The zero-order valence-electron chi connectivity index (χ0n) is 10.5. The maximum atomic E-state index is 12.8. The SMILES string of the molecule is FC(F)(F)c1cc[c-]c(-c2ncnc3ccccc23)c1.[Ir]. The van der Waals surface area contributed by atoms with E-state index in [1.54, 1.807) is 18.2 Å². The molecule has 1 aromatic heterocycles. The Morgan fingerprint density at radius 1 is 1.00 bits per heavy atom. The fourth-order valence-corrected chi connectivity index (χ4v) is 2.00. The molecule has 0 spiro atoms. The van der Waals surface area contributed by atoms with Crippen molar-refractivity contribution in [1.29, 1.82) is 0 Å². The third-order valence-electron chi connectivity index (χ3n) is 2.93. The molecule has 0 atom stereocenters. The van der Waals surface area contributed by atoms with E-state index in [0.717, 1.165) is 12.1 Å². The van der Waals surface area contributed by atoms with Crippen molar-refractivity contribution in [2.75, 3.05) is 0 Å². The smallest absolute Gasteiger partial charge is 0.285 e. The van der Waals surface area contributed by atoms with Crippen LogP contribution >= 0.6 is 0 Å². The second-order valence-electron chi connectivity index (χ2n) is 4.23. The summed E-state index contributed by atoms with van der Waals surface area (Å²) in [6.07, 6.45) is -3.04. The van der Waals surface area contributed by atoms with E-state index in [0.29, 0.717) is 22.2 Å². The van der Waals surface area contributed by atoms with Gasteiger partial charge in [-0.25, -0.2) is 4.98 Å². The van der Waals surface area contributed by atoms with Crippen LogP contribution in [0.25, 0.3) is 22.2 Å². The average Bonchev–Trinajstić information content (AvgIpc) is 2.46. The number of fused-ring (bicyclic) bond motifs is 1. The Hall–Kier alpha value is -1.78. The number of para-hydroxylation sites is 1. The molecule has 3 rings (SSSR count). The summed E-state index contributed by atoms with van der Waals surface area (Å²) in [6, 6.07) is 13.3. The standard InChI is InChI=1S/C15H8F3N2.Ir/c16-15(17,18)11-5-3-4-10(8-11)14-12-6-1-2-7-13(12)19-9-20-14;/h1-3,5-9H;/q-1;. The molecule has 0 bridgehead atoms. The van der Waals surface area contributed by atoms with Gasteiger partial charge in [-0.15, -0.1) is 29.8 Å². The van der Waals surface area contributed by atoms with Crippen molar-refractivity contribution in [2.45, 2.75) is 6.18 Å². The predicted octanol–water partition coefficient (Wildman–Crippen LogP) is 4.11. The minimum Gasteiger partial charge on any atom is -0.285 e. The number of rotatable bonds is 1. The Kier molecular flexibility index (Phi) is 4.40. The first-order chi connectivity index (χ1) is 9.55. The first-order valence-electron chi connectivity index (χ1n) is 5.85. The number of nitrogens with zero attached hydrogens (tertiary/aromatic N) is 2. The van der Waals surface area contributed by atoms with E-state index in [2.05, 4.69) is 16.0 Å². The largest absolute Gasteiger partial charge is 0.399 e. The van der Waals surface area contributed by atoms with Crippen molar-refractivity contribution in [3.63, 3.8) is 0 Å². The van der Waals surface area contributed by atoms with Gasteiger partial charge in [0, 0.05) is 20.1 Å². The monoisotopic (exact) mass is 466 g/mol. The molecule has 6 heteroatoms. The molecular weight excluding hydrogens is 457 g/mol. The van der Waals surface area contributed by atoms with Crippen LogP contribution in [-0.4, -0.2) is 9.97 Å². The quantitative estimate of drug-likeness (QED) is 0.506. The van der Waals surface area contributed by atoms with E-state index < -0.39 is 11.7 Å². The maximum Gasteiger partial charge on any atom is 0.399 e. The first-order valence-corrected chi connectivity index (χ1v) is 5.85. The zero-order chi connectivity index (χ0) is 14.2. The van der Waals surface area contributed by atoms with Crippen LogP contribution in [0.3, 0.4) is 0 Å². The van der Waals surface area contributed by atoms with Gasteiger partial charge >= 0.3 is 6.18 Å². The summed E-state index contributed by atoms with van der Waals surface area (Å²) in [7, 11) is 0. The molecule has 0 amide bonds. The molecular formula is C15H8F3IrN2-. The Labute approximate surface area is 132 Å². The molecule has 0 N–H and O–H groups in total. The average molecular weight is 465 g/mol. The topological polar surface area (TPSA) is 25.8 Å². The Morgan fingerprint density at radius 2 is 1.76 bits per heavy atom. The maximum absolute atomic E-state index is 12.8. The molecule has 0 saturated heterocycles. The van der Waals surface area contributed by atoms with Gasteiger partial charge in [0.05, 0.1) is 5.52 Å². The summed E-state index contributed by atoms with van der Waals surface area (Å²) in [5.41, 5.74) is 0.720. The van der Waals surface area contributed by atoms with Crippen LogP contribution in [0.4, 0.5) is 13.2 Å². The van der Waals surface area contributed by atoms with Crippen LogP contribution in [0.5, 0.6) is 0 Å². The van der Waals surface area contributed by atoms with Gasteiger partial charge in [-0.2, -0.15) is 13.2 Å². The Morgan fingerprint density at radius 3 is 2.52 bits per heavy atom. The number of benzene rings is 2. The van der Waals surface area contributed by atoms with E-state index in [1.165, 1.54) is 12.4 Å². The number of halogens is 3. The fraction of sp³-hybridized carbons (Fsp3) is 0.0667. The Bertz CT molecular complexity index is 767. The van der Waals surface area contributed by atoms with Crippen LogP contribution in [0.15, 0.2) is 48.8 Å². The van der Waals surface area contributed by atoms with Gasteiger partial charge in [-0.05, 0) is 22.7 Å². The van der Waals surface area contributed by atoms with Crippen LogP contribution in [0.1, 0.15) is 5.56 Å². The number of hydrogen-bond acceptors (Lipinski definition) is 2. The van der Waals surface area contributed by atoms with Gasteiger partial charge in [0.1, 0.15) is 6.33 Å². The van der Waals surface area contributed by atoms with E-state index in [1.807, 2.05) is 6.07 Å². The summed E-state index contributed by atoms with van der Waals surface area (Å²) in [5.74, 6) is 0. The zero-order valence-corrected chi connectivity index (χ0v) is 12.9. The fourth-order valence-electron chi connectivity index (χ4n) is 2.00. The molecule has 3 aromatic rings. The summed E-state index contributed by atoms with van der Waals surface area (Å²) < 4.78 is 38.3. The molecule has 21 heavy (non-hydrogen) atoms. The Balaban J connectivity index is 0.00000161. The van der Waals surface area contributed by atoms with Crippen molar-refractivity contribution in [1.82, 2.24) is 9.97 Å². The van der Waals surface area contributed by atoms with Gasteiger partial charge < -0.3 is 0 Å². The van der Waals surface area contributed by atoms with Gasteiger partial charge in [0.15, 0.2) is 0 Å². The second kappa shape index (κ2) is 5.92. The van der Waals surface area contributed by atoms with E-state index >= 15 is 0 Å². The van der Waals surface area contributed by atoms with Crippen molar-refractivity contribution < 1.29 is 33.3 Å². The van der Waals surface area contributed by atoms with Gasteiger partial charge in [0.2, 0.25) is 0 Å². The molecule has 0 aliphatic rings. The summed E-state index contributed by atoms with van der Waals surface area (Å²) in [5, 5.41) is 0.700. The van der Waals surface area contributed by atoms with Gasteiger partial charge in [0.25, 0.3) is 0 Å². The van der Waals surface area contributed by atoms with Crippen LogP contribution < -0.4 is 0 Å². The van der Waals surface area contributed by atoms with Crippen molar-refractivity contribution in [2.24, 2.45) is 0 Å². The summed E-state index contributed by atoms with van der Waals surface area (Å²) in [6.45, 7) is 0. The molecule has 0 aliphatic carbocycles. The third kappa shape index (κ3) is 3.12. The number of hydrogen-bond donors (Lipinski definition) is 0. The van der Waals surface area contributed by atoms with E-state index in [4.69, 9.17) is 0 Å². The summed E-state index contributed by atoms with van der Waals surface area (Å²) >= 11 is 0. The first kappa shape index (κ1) is 15.6.